The zero-order valence-corrected chi connectivity index (χ0v) is 24.3. The summed E-state index contributed by atoms with van der Waals surface area (Å²) in [4.78, 5) is 63.6. The van der Waals surface area contributed by atoms with Crippen LogP contribution in [0.15, 0.2) is 36.4 Å². The SMILES string of the molecule is COCCc1cc(C(=O)N[C@@H](CCC(=O)OC(C)(C)C)C(=O)N2CCN(C(=O)OC)CC2)nc(-c2ccccc2)n1. The molecule has 0 unspecified atom stereocenters. The van der Waals surface area contributed by atoms with E-state index in [2.05, 4.69) is 15.3 Å². The van der Waals surface area contributed by atoms with Crippen LogP contribution >= 0.6 is 0 Å². The van der Waals surface area contributed by atoms with E-state index in [0.717, 1.165) is 5.56 Å². The average Bonchev–Trinajstić information content (AvgIpc) is 2.96. The fourth-order valence-electron chi connectivity index (χ4n) is 4.27. The topological polar surface area (TPSA) is 140 Å². The van der Waals surface area contributed by atoms with Gasteiger partial charge in [0.1, 0.15) is 17.3 Å². The molecule has 0 aliphatic carbocycles. The van der Waals surface area contributed by atoms with Gasteiger partial charge in [-0.15, -0.1) is 0 Å². The maximum absolute atomic E-state index is 13.6. The third-order valence-electron chi connectivity index (χ3n) is 6.29. The van der Waals surface area contributed by atoms with Crippen molar-refractivity contribution in [1.29, 1.82) is 0 Å². The Kier molecular flexibility index (Phi) is 11.2. The van der Waals surface area contributed by atoms with Crippen molar-refractivity contribution in [1.82, 2.24) is 25.1 Å². The van der Waals surface area contributed by atoms with Gasteiger partial charge in [0.05, 0.1) is 13.7 Å². The summed E-state index contributed by atoms with van der Waals surface area (Å²) in [6, 6.07) is 9.83. The Labute approximate surface area is 240 Å². The van der Waals surface area contributed by atoms with Gasteiger partial charge in [0.15, 0.2) is 5.82 Å². The molecule has 0 saturated carbocycles. The summed E-state index contributed by atoms with van der Waals surface area (Å²) in [6.45, 7) is 6.80. The Morgan fingerprint density at radius 1 is 0.976 bits per heavy atom. The van der Waals surface area contributed by atoms with Gasteiger partial charge in [-0.1, -0.05) is 30.3 Å². The van der Waals surface area contributed by atoms with Crippen LogP contribution in [0.5, 0.6) is 0 Å². The molecule has 222 valence electrons. The number of aromatic nitrogens is 2. The summed E-state index contributed by atoms with van der Waals surface area (Å²) in [5.74, 6) is -1.03. The van der Waals surface area contributed by atoms with Gasteiger partial charge < -0.3 is 29.3 Å². The number of benzene rings is 1. The summed E-state index contributed by atoms with van der Waals surface area (Å²) >= 11 is 0. The van der Waals surface area contributed by atoms with Crippen LogP contribution in [-0.4, -0.2) is 102 Å². The first-order valence-corrected chi connectivity index (χ1v) is 13.6. The van der Waals surface area contributed by atoms with Crippen molar-refractivity contribution in [2.75, 3.05) is 47.0 Å². The van der Waals surface area contributed by atoms with E-state index in [4.69, 9.17) is 14.2 Å². The molecule has 1 fully saturated rings. The van der Waals surface area contributed by atoms with Crippen LogP contribution in [0, 0.1) is 0 Å². The second-order valence-corrected chi connectivity index (χ2v) is 10.6. The average molecular weight is 570 g/mol. The molecule has 1 aliphatic rings. The van der Waals surface area contributed by atoms with Crippen LogP contribution in [0.25, 0.3) is 11.4 Å². The molecular weight excluding hydrogens is 530 g/mol. The third kappa shape index (κ3) is 9.52. The first-order valence-electron chi connectivity index (χ1n) is 13.6. The van der Waals surface area contributed by atoms with E-state index in [9.17, 15) is 19.2 Å². The standard InChI is InChI=1S/C29H39N5O7/c1-29(2,3)41-24(35)12-11-22(27(37)33-14-16-34(17-15-33)28(38)40-5)32-26(36)23-19-21(13-18-39-4)30-25(31-23)20-9-7-6-8-10-20/h6-10,19,22H,11-18H2,1-5H3,(H,32,36)/t22-/m0/s1. The molecule has 0 radical (unpaired) electrons. The maximum Gasteiger partial charge on any atom is 0.409 e. The van der Waals surface area contributed by atoms with Crippen LogP contribution in [0.2, 0.25) is 0 Å². The highest BCUT2D eigenvalue weighted by atomic mass is 16.6. The van der Waals surface area contributed by atoms with E-state index in [1.165, 1.54) is 12.0 Å². The Morgan fingerprint density at radius 3 is 2.24 bits per heavy atom. The molecule has 1 aromatic heterocycles. The number of piperazine rings is 1. The Balaban J connectivity index is 1.83. The summed E-state index contributed by atoms with van der Waals surface area (Å²) in [6.07, 6.45) is -0.0444. The number of carbonyl (C=O) groups excluding carboxylic acids is 4. The lowest BCUT2D eigenvalue weighted by atomic mass is 10.1. The highest BCUT2D eigenvalue weighted by Gasteiger charge is 2.32. The zero-order valence-electron chi connectivity index (χ0n) is 24.3. The summed E-state index contributed by atoms with van der Waals surface area (Å²) < 4.78 is 15.4. The molecule has 0 spiro atoms. The largest absolute Gasteiger partial charge is 0.460 e. The van der Waals surface area contributed by atoms with E-state index in [1.807, 2.05) is 30.3 Å². The monoisotopic (exact) mass is 569 g/mol. The zero-order chi connectivity index (χ0) is 30.0. The lowest BCUT2D eigenvalue weighted by Gasteiger charge is -2.35. The lowest BCUT2D eigenvalue weighted by molar-refractivity contribution is -0.155. The van der Waals surface area contributed by atoms with E-state index in [-0.39, 0.29) is 37.5 Å². The number of nitrogens with zero attached hydrogens (tertiary/aromatic N) is 4. The molecule has 1 aromatic carbocycles. The van der Waals surface area contributed by atoms with Gasteiger partial charge in [-0.25, -0.2) is 14.8 Å². The summed E-state index contributed by atoms with van der Waals surface area (Å²) in [5, 5.41) is 2.79. The molecule has 1 saturated heterocycles. The maximum atomic E-state index is 13.6. The van der Waals surface area contributed by atoms with Crippen LogP contribution < -0.4 is 5.32 Å². The summed E-state index contributed by atoms with van der Waals surface area (Å²) in [5.41, 5.74) is 0.760. The van der Waals surface area contributed by atoms with Gasteiger partial charge in [0.2, 0.25) is 5.91 Å². The molecule has 3 amide bonds. The fourth-order valence-corrected chi connectivity index (χ4v) is 4.27. The van der Waals surface area contributed by atoms with E-state index >= 15 is 0 Å². The minimum Gasteiger partial charge on any atom is -0.460 e. The highest BCUT2D eigenvalue weighted by Crippen LogP contribution is 2.17. The number of amides is 3. The smallest absolute Gasteiger partial charge is 0.409 e. The van der Waals surface area contributed by atoms with Crippen molar-refractivity contribution < 1.29 is 33.4 Å². The second kappa shape index (κ2) is 14.5. The van der Waals surface area contributed by atoms with Crippen LogP contribution in [0.4, 0.5) is 4.79 Å². The number of hydrogen-bond acceptors (Lipinski definition) is 9. The lowest BCUT2D eigenvalue weighted by Crippen LogP contribution is -2.56. The molecule has 41 heavy (non-hydrogen) atoms. The van der Waals surface area contributed by atoms with Crippen molar-refractivity contribution in [2.45, 2.75) is 51.7 Å². The van der Waals surface area contributed by atoms with Gasteiger partial charge in [0, 0.05) is 57.4 Å². The minimum atomic E-state index is -1.02. The van der Waals surface area contributed by atoms with Crippen molar-refractivity contribution in [2.24, 2.45) is 0 Å². The molecule has 1 N–H and O–H groups in total. The number of esters is 1. The van der Waals surface area contributed by atoms with Crippen LogP contribution in [0.1, 0.15) is 49.8 Å². The van der Waals surface area contributed by atoms with Crippen LogP contribution in [0.3, 0.4) is 0 Å². The number of hydrogen-bond donors (Lipinski definition) is 1. The van der Waals surface area contributed by atoms with Gasteiger partial charge in [-0.2, -0.15) is 0 Å². The number of methoxy groups -OCH3 is 2. The molecule has 2 heterocycles. The van der Waals surface area contributed by atoms with Crippen LogP contribution in [-0.2, 0) is 30.2 Å². The van der Waals surface area contributed by atoms with E-state index < -0.39 is 29.6 Å². The molecule has 3 rings (SSSR count). The van der Waals surface area contributed by atoms with Gasteiger partial charge >= 0.3 is 12.1 Å². The van der Waals surface area contributed by atoms with E-state index in [1.54, 1.807) is 38.8 Å². The first-order chi connectivity index (χ1) is 19.5. The Hall–Kier alpha value is -4.06. The number of ether oxygens (including phenoxy) is 3. The molecule has 1 atom stereocenters. The summed E-state index contributed by atoms with van der Waals surface area (Å²) in [7, 11) is 2.89. The third-order valence-corrected chi connectivity index (χ3v) is 6.29. The van der Waals surface area contributed by atoms with Gasteiger partial charge in [0.25, 0.3) is 5.91 Å². The molecule has 12 heteroatoms. The number of nitrogens with one attached hydrogen (secondary N) is 1. The Morgan fingerprint density at radius 2 is 1.63 bits per heavy atom. The normalized spacial score (nSPS) is 14.3. The minimum absolute atomic E-state index is 0.0316. The molecule has 1 aliphatic heterocycles. The second-order valence-electron chi connectivity index (χ2n) is 10.6. The Bertz CT molecular complexity index is 1210. The predicted molar refractivity (Wildman–Crippen MR) is 150 cm³/mol. The van der Waals surface area contributed by atoms with Crippen molar-refractivity contribution in [3.8, 4) is 11.4 Å². The fraction of sp³-hybridized carbons (Fsp3) is 0.517. The van der Waals surface area contributed by atoms with Crippen molar-refractivity contribution in [3.05, 3.63) is 47.8 Å². The molecular formula is C29H39N5O7. The molecule has 0 bridgehead atoms. The van der Waals surface area contributed by atoms with Gasteiger partial charge in [-0.05, 0) is 33.3 Å². The van der Waals surface area contributed by atoms with Crippen molar-refractivity contribution >= 4 is 23.9 Å². The number of rotatable bonds is 10. The quantitative estimate of drug-likeness (QED) is 0.427. The molecule has 12 nitrogen and oxygen atoms in total. The van der Waals surface area contributed by atoms with Crippen molar-refractivity contribution in [3.63, 3.8) is 0 Å². The predicted octanol–water partition coefficient (Wildman–Crippen LogP) is 2.46. The molecule has 2 aromatic rings. The first kappa shape index (κ1) is 31.5. The van der Waals surface area contributed by atoms with Gasteiger partial charge in [-0.3, -0.25) is 14.4 Å². The number of carbonyl (C=O) groups is 4. The van der Waals surface area contributed by atoms with E-state index in [0.29, 0.717) is 37.6 Å². The highest BCUT2D eigenvalue weighted by molar-refractivity contribution is 5.96.